The van der Waals surface area contributed by atoms with Gasteiger partial charge in [-0.3, -0.25) is 0 Å². The number of hydrogen-bond donors (Lipinski definition) is 2. The van der Waals surface area contributed by atoms with E-state index in [4.69, 9.17) is 0 Å². The van der Waals surface area contributed by atoms with Gasteiger partial charge in [-0.25, -0.2) is 4.98 Å². The molecule has 0 radical (unpaired) electrons. The van der Waals surface area contributed by atoms with Crippen LogP contribution in [-0.4, -0.2) is 24.6 Å². The van der Waals surface area contributed by atoms with Crippen molar-refractivity contribution in [2.75, 3.05) is 19.6 Å². The second-order valence-corrected chi connectivity index (χ2v) is 5.00. The lowest BCUT2D eigenvalue weighted by atomic mass is 10.3. The first-order valence-electron chi connectivity index (χ1n) is 5.60. The first-order valence-corrected chi connectivity index (χ1v) is 6.42. The average molecular weight is 227 g/mol. The van der Waals surface area contributed by atoms with Crippen LogP contribution in [0, 0.1) is 6.92 Å². The lowest BCUT2D eigenvalue weighted by molar-refractivity contribution is 0.543. The Kier molecular flexibility index (Phi) is 5.83. The minimum Gasteiger partial charge on any atom is -0.315 e. The summed E-state index contributed by atoms with van der Waals surface area (Å²) in [4.78, 5) is 5.65. The standard InChI is InChI=1S/C11H21N3S/c1-4-5-12-6-7-13-10(3)11-14-8-9(2)15-11/h8,10,12-13H,4-7H2,1-3H3. The van der Waals surface area contributed by atoms with Gasteiger partial charge in [-0.15, -0.1) is 11.3 Å². The molecule has 4 heteroatoms. The van der Waals surface area contributed by atoms with E-state index in [1.807, 2.05) is 6.20 Å². The monoisotopic (exact) mass is 227 g/mol. The van der Waals surface area contributed by atoms with Gasteiger partial charge in [0.25, 0.3) is 0 Å². The fraction of sp³-hybridized carbons (Fsp3) is 0.727. The van der Waals surface area contributed by atoms with Crippen molar-refractivity contribution in [3.8, 4) is 0 Å². The van der Waals surface area contributed by atoms with Crippen LogP contribution in [0.2, 0.25) is 0 Å². The lowest BCUT2D eigenvalue weighted by Crippen LogP contribution is -2.29. The zero-order chi connectivity index (χ0) is 11.1. The molecule has 1 aromatic rings. The van der Waals surface area contributed by atoms with Gasteiger partial charge in [0.1, 0.15) is 5.01 Å². The summed E-state index contributed by atoms with van der Waals surface area (Å²) in [5, 5.41) is 8.01. The molecular formula is C11H21N3S. The second kappa shape index (κ2) is 6.93. The van der Waals surface area contributed by atoms with Crippen LogP contribution in [0.3, 0.4) is 0 Å². The maximum atomic E-state index is 4.37. The molecule has 0 saturated heterocycles. The fourth-order valence-corrected chi connectivity index (χ4v) is 2.14. The highest BCUT2D eigenvalue weighted by atomic mass is 32.1. The number of aromatic nitrogens is 1. The third-order valence-corrected chi connectivity index (χ3v) is 3.28. The van der Waals surface area contributed by atoms with E-state index in [9.17, 15) is 0 Å². The Morgan fingerprint density at radius 1 is 1.40 bits per heavy atom. The van der Waals surface area contributed by atoms with Crippen molar-refractivity contribution in [2.24, 2.45) is 0 Å². The van der Waals surface area contributed by atoms with Crippen LogP contribution in [0.5, 0.6) is 0 Å². The minimum atomic E-state index is 0.368. The Morgan fingerprint density at radius 3 is 2.80 bits per heavy atom. The van der Waals surface area contributed by atoms with Crippen molar-refractivity contribution in [3.63, 3.8) is 0 Å². The zero-order valence-corrected chi connectivity index (χ0v) is 10.7. The Morgan fingerprint density at radius 2 is 2.20 bits per heavy atom. The van der Waals surface area contributed by atoms with Gasteiger partial charge in [-0.05, 0) is 26.8 Å². The molecule has 0 aliphatic rings. The quantitative estimate of drug-likeness (QED) is 0.701. The number of nitrogens with zero attached hydrogens (tertiary/aromatic N) is 1. The SMILES string of the molecule is CCCNCCNC(C)c1ncc(C)s1. The minimum absolute atomic E-state index is 0.368. The van der Waals surface area contributed by atoms with Crippen molar-refractivity contribution in [3.05, 3.63) is 16.1 Å². The molecule has 1 aromatic heterocycles. The summed E-state index contributed by atoms with van der Waals surface area (Å²) in [5.74, 6) is 0. The Balaban J connectivity index is 2.16. The fourth-order valence-electron chi connectivity index (χ4n) is 1.34. The third-order valence-electron chi connectivity index (χ3n) is 2.19. The van der Waals surface area contributed by atoms with Crippen molar-refractivity contribution in [2.45, 2.75) is 33.2 Å². The predicted molar refractivity (Wildman–Crippen MR) is 66.4 cm³/mol. The van der Waals surface area contributed by atoms with Crippen molar-refractivity contribution in [1.29, 1.82) is 0 Å². The van der Waals surface area contributed by atoms with Crippen LogP contribution in [0.25, 0.3) is 0 Å². The maximum absolute atomic E-state index is 4.37. The third kappa shape index (κ3) is 4.73. The molecule has 0 aromatic carbocycles. The lowest BCUT2D eigenvalue weighted by Gasteiger charge is -2.11. The van der Waals surface area contributed by atoms with E-state index in [0.29, 0.717) is 6.04 Å². The molecule has 1 rings (SSSR count). The van der Waals surface area contributed by atoms with E-state index in [-0.39, 0.29) is 0 Å². The van der Waals surface area contributed by atoms with Crippen LogP contribution in [-0.2, 0) is 0 Å². The Labute approximate surface area is 96.3 Å². The van der Waals surface area contributed by atoms with E-state index in [0.717, 1.165) is 19.6 Å². The molecule has 0 amide bonds. The highest BCUT2D eigenvalue weighted by Crippen LogP contribution is 2.18. The Bertz CT molecular complexity index is 273. The second-order valence-electron chi connectivity index (χ2n) is 3.73. The van der Waals surface area contributed by atoms with Gasteiger partial charge in [0.15, 0.2) is 0 Å². The van der Waals surface area contributed by atoms with E-state index < -0.39 is 0 Å². The number of hydrogen-bond acceptors (Lipinski definition) is 4. The summed E-state index contributed by atoms with van der Waals surface area (Å²) in [6.45, 7) is 9.57. The van der Waals surface area contributed by atoms with Crippen LogP contribution < -0.4 is 10.6 Å². The molecule has 0 bridgehead atoms. The summed E-state index contributed by atoms with van der Waals surface area (Å²) >= 11 is 1.77. The molecule has 0 saturated carbocycles. The topological polar surface area (TPSA) is 37.0 Å². The van der Waals surface area contributed by atoms with Gasteiger partial charge in [-0.1, -0.05) is 6.92 Å². The highest BCUT2D eigenvalue weighted by molar-refractivity contribution is 7.11. The van der Waals surface area contributed by atoms with E-state index >= 15 is 0 Å². The molecule has 0 aliphatic heterocycles. The van der Waals surface area contributed by atoms with Crippen molar-refractivity contribution in [1.82, 2.24) is 15.6 Å². The molecule has 0 spiro atoms. The molecule has 2 N–H and O–H groups in total. The predicted octanol–water partition coefficient (Wildman–Crippen LogP) is 2.10. The van der Waals surface area contributed by atoms with Gasteiger partial charge in [0, 0.05) is 24.2 Å². The Hall–Kier alpha value is -0.450. The van der Waals surface area contributed by atoms with Gasteiger partial charge < -0.3 is 10.6 Å². The van der Waals surface area contributed by atoms with Gasteiger partial charge in [0.05, 0.1) is 6.04 Å². The maximum Gasteiger partial charge on any atom is 0.109 e. The van der Waals surface area contributed by atoms with E-state index in [1.54, 1.807) is 11.3 Å². The first kappa shape index (κ1) is 12.6. The van der Waals surface area contributed by atoms with Crippen LogP contribution in [0.1, 0.15) is 36.2 Å². The van der Waals surface area contributed by atoms with E-state index in [2.05, 4.69) is 36.4 Å². The van der Waals surface area contributed by atoms with Crippen LogP contribution >= 0.6 is 11.3 Å². The molecule has 1 unspecified atom stereocenters. The largest absolute Gasteiger partial charge is 0.315 e. The van der Waals surface area contributed by atoms with Crippen molar-refractivity contribution < 1.29 is 0 Å². The van der Waals surface area contributed by atoms with Gasteiger partial charge >= 0.3 is 0 Å². The summed E-state index contributed by atoms with van der Waals surface area (Å²) in [5.41, 5.74) is 0. The average Bonchev–Trinajstić information content (AvgIpc) is 2.64. The highest BCUT2D eigenvalue weighted by Gasteiger charge is 2.07. The summed E-state index contributed by atoms with van der Waals surface area (Å²) in [6, 6.07) is 0.368. The number of rotatable bonds is 7. The first-order chi connectivity index (χ1) is 7.24. The zero-order valence-electron chi connectivity index (χ0n) is 9.84. The molecule has 3 nitrogen and oxygen atoms in total. The molecule has 86 valence electrons. The van der Waals surface area contributed by atoms with Crippen LogP contribution in [0.4, 0.5) is 0 Å². The molecule has 1 atom stereocenters. The van der Waals surface area contributed by atoms with E-state index in [1.165, 1.54) is 16.3 Å². The number of thiazole rings is 1. The number of nitrogens with one attached hydrogen (secondary N) is 2. The van der Waals surface area contributed by atoms with Gasteiger partial charge in [0.2, 0.25) is 0 Å². The molecule has 0 fully saturated rings. The molecule has 15 heavy (non-hydrogen) atoms. The molecule has 0 aliphatic carbocycles. The summed E-state index contributed by atoms with van der Waals surface area (Å²) in [7, 11) is 0. The normalized spacial score (nSPS) is 13.0. The number of aryl methyl sites for hydroxylation is 1. The van der Waals surface area contributed by atoms with Gasteiger partial charge in [-0.2, -0.15) is 0 Å². The summed E-state index contributed by atoms with van der Waals surface area (Å²) in [6.07, 6.45) is 3.13. The van der Waals surface area contributed by atoms with Crippen LogP contribution in [0.15, 0.2) is 6.20 Å². The van der Waals surface area contributed by atoms with Crippen molar-refractivity contribution >= 4 is 11.3 Å². The molecule has 1 heterocycles. The smallest absolute Gasteiger partial charge is 0.109 e. The molecular weight excluding hydrogens is 206 g/mol. The summed E-state index contributed by atoms with van der Waals surface area (Å²) < 4.78 is 0.